The van der Waals surface area contributed by atoms with E-state index >= 15 is 0 Å². The summed E-state index contributed by atoms with van der Waals surface area (Å²) in [6.45, 7) is 3.68. The number of nitrogens with zero attached hydrogens (tertiary/aromatic N) is 1. The quantitative estimate of drug-likeness (QED) is 0.807. The van der Waals surface area contributed by atoms with Crippen molar-refractivity contribution >= 4 is 27.7 Å². The summed E-state index contributed by atoms with van der Waals surface area (Å²) in [4.78, 5) is 16.0. The van der Waals surface area contributed by atoms with E-state index in [1.165, 1.54) is 0 Å². The van der Waals surface area contributed by atoms with Gasteiger partial charge in [-0.05, 0) is 47.8 Å². The molecule has 2 rings (SSSR count). The highest BCUT2D eigenvalue weighted by Crippen LogP contribution is 2.16. The molecule has 0 spiro atoms. The van der Waals surface area contributed by atoms with Crippen LogP contribution in [0, 0.1) is 6.92 Å². The van der Waals surface area contributed by atoms with Crippen LogP contribution in [-0.4, -0.2) is 36.8 Å². The van der Waals surface area contributed by atoms with E-state index < -0.39 is 0 Å². The third kappa shape index (κ3) is 4.85. The average molecular weight is 343 g/mol. The van der Waals surface area contributed by atoms with Crippen molar-refractivity contribution in [3.8, 4) is 0 Å². The van der Waals surface area contributed by atoms with Gasteiger partial charge in [-0.25, -0.2) is 4.98 Å². The van der Waals surface area contributed by atoms with Gasteiger partial charge in [0.2, 0.25) is 5.91 Å². The first-order valence-electron chi connectivity index (χ1n) is 6.77. The second-order valence-corrected chi connectivity index (χ2v) is 5.63. The first-order valence-corrected chi connectivity index (χ1v) is 7.57. The van der Waals surface area contributed by atoms with E-state index in [1.54, 1.807) is 6.07 Å². The molecule has 1 fully saturated rings. The molecule has 0 aromatic carbocycles. The molecule has 2 heterocycles. The smallest absolute Gasteiger partial charge is 0.227 e. The first kappa shape index (κ1) is 15.4. The highest BCUT2D eigenvalue weighted by atomic mass is 79.9. The fourth-order valence-corrected chi connectivity index (χ4v) is 2.20. The maximum atomic E-state index is 11.7. The lowest BCUT2D eigenvalue weighted by molar-refractivity contribution is -0.117. The molecule has 0 radical (unpaired) electrons. The van der Waals surface area contributed by atoms with Gasteiger partial charge in [-0.15, -0.1) is 0 Å². The molecule has 1 aliphatic rings. The number of anilines is 1. The van der Waals surface area contributed by atoms with Crippen LogP contribution in [-0.2, 0) is 14.3 Å². The molecular formula is C14H19BrN2O3. The SMILES string of the molecule is Cc1nc(NC(=O)CCOC[C@H]2CCCO2)ccc1Br. The lowest BCUT2D eigenvalue weighted by atomic mass is 10.2. The lowest BCUT2D eigenvalue weighted by Gasteiger charge is -2.10. The topological polar surface area (TPSA) is 60.5 Å². The number of halogens is 1. The number of aromatic nitrogens is 1. The van der Waals surface area contributed by atoms with Gasteiger partial charge in [-0.3, -0.25) is 4.79 Å². The minimum atomic E-state index is -0.0911. The predicted molar refractivity (Wildman–Crippen MR) is 79.7 cm³/mol. The summed E-state index contributed by atoms with van der Waals surface area (Å²) in [7, 11) is 0. The van der Waals surface area contributed by atoms with Crippen molar-refractivity contribution in [2.75, 3.05) is 25.1 Å². The number of amides is 1. The third-order valence-electron chi connectivity index (χ3n) is 3.09. The molecule has 0 saturated carbocycles. The summed E-state index contributed by atoms with van der Waals surface area (Å²) in [6, 6.07) is 3.63. The van der Waals surface area contributed by atoms with Crippen LogP contribution in [0.2, 0.25) is 0 Å². The summed E-state index contributed by atoms with van der Waals surface area (Å²) in [5, 5.41) is 2.76. The van der Waals surface area contributed by atoms with Crippen molar-refractivity contribution in [3.05, 3.63) is 22.3 Å². The van der Waals surface area contributed by atoms with Crippen LogP contribution in [0.25, 0.3) is 0 Å². The van der Waals surface area contributed by atoms with Crippen LogP contribution in [0.3, 0.4) is 0 Å². The molecule has 1 aliphatic heterocycles. The zero-order chi connectivity index (χ0) is 14.4. The van der Waals surface area contributed by atoms with Gasteiger partial charge in [0.05, 0.1) is 31.4 Å². The Morgan fingerprint density at radius 2 is 2.45 bits per heavy atom. The summed E-state index contributed by atoms with van der Waals surface area (Å²) in [5.41, 5.74) is 0.845. The lowest BCUT2D eigenvalue weighted by Crippen LogP contribution is -2.18. The van der Waals surface area contributed by atoms with Gasteiger partial charge in [0.1, 0.15) is 5.82 Å². The van der Waals surface area contributed by atoms with Crippen LogP contribution < -0.4 is 5.32 Å². The molecule has 1 aromatic heterocycles. The van der Waals surface area contributed by atoms with Crippen molar-refractivity contribution in [1.29, 1.82) is 0 Å². The molecule has 20 heavy (non-hydrogen) atoms. The highest BCUT2D eigenvalue weighted by molar-refractivity contribution is 9.10. The molecule has 1 saturated heterocycles. The molecule has 0 aliphatic carbocycles. The Bertz CT molecular complexity index is 462. The first-order chi connectivity index (χ1) is 9.65. The molecular weight excluding hydrogens is 324 g/mol. The largest absolute Gasteiger partial charge is 0.378 e. The normalized spacial score (nSPS) is 18.2. The van der Waals surface area contributed by atoms with Crippen LogP contribution >= 0.6 is 15.9 Å². The second-order valence-electron chi connectivity index (χ2n) is 4.77. The molecule has 6 heteroatoms. The van der Waals surface area contributed by atoms with Crippen molar-refractivity contribution in [1.82, 2.24) is 4.98 Å². The highest BCUT2D eigenvalue weighted by Gasteiger charge is 2.15. The predicted octanol–water partition coefficient (Wildman–Crippen LogP) is 2.68. The van der Waals surface area contributed by atoms with Crippen molar-refractivity contribution in [3.63, 3.8) is 0 Å². The Balaban J connectivity index is 1.65. The zero-order valence-electron chi connectivity index (χ0n) is 11.5. The zero-order valence-corrected chi connectivity index (χ0v) is 13.1. The average Bonchev–Trinajstić information content (AvgIpc) is 2.92. The van der Waals surface area contributed by atoms with Crippen molar-refractivity contribution < 1.29 is 14.3 Å². The standard InChI is InChI=1S/C14H19BrN2O3/c1-10-12(15)4-5-13(16-10)17-14(18)6-8-19-9-11-3-2-7-20-11/h4-5,11H,2-3,6-9H2,1H3,(H,16,17,18)/t11-/m1/s1. The number of ether oxygens (including phenoxy) is 2. The molecule has 0 bridgehead atoms. The Labute approximate surface area is 127 Å². The van der Waals surface area contributed by atoms with Crippen molar-refractivity contribution in [2.45, 2.75) is 32.3 Å². The number of aryl methyl sites for hydroxylation is 1. The van der Waals surface area contributed by atoms with Gasteiger partial charge in [-0.1, -0.05) is 0 Å². The van der Waals surface area contributed by atoms with E-state index in [0.29, 0.717) is 25.5 Å². The number of nitrogens with one attached hydrogen (secondary N) is 1. The Morgan fingerprint density at radius 3 is 3.15 bits per heavy atom. The molecule has 0 unspecified atom stereocenters. The van der Waals surface area contributed by atoms with Gasteiger partial charge in [0.25, 0.3) is 0 Å². The van der Waals surface area contributed by atoms with E-state index in [4.69, 9.17) is 9.47 Å². The summed E-state index contributed by atoms with van der Waals surface area (Å²) < 4.78 is 11.8. The van der Waals surface area contributed by atoms with E-state index in [9.17, 15) is 4.79 Å². The van der Waals surface area contributed by atoms with Crippen LogP contribution in [0.15, 0.2) is 16.6 Å². The van der Waals surface area contributed by atoms with E-state index in [-0.39, 0.29) is 12.0 Å². The molecule has 1 amide bonds. The third-order valence-corrected chi connectivity index (χ3v) is 3.93. The number of carbonyl (C=O) groups excluding carboxylic acids is 1. The number of pyridine rings is 1. The number of hydrogen-bond donors (Lipinski definition) is 1. The van der Waals surface area contributed by atoms with Gasteiger partial charge >= 0.3 is 0 Å². The monoisotopic (exact) mass is 342 g/mol. The van der Waals surface area contributed by atoms with Gasteiger partial charge in [0, 0.05) is 11.1 Å². The molecule has 1 atom stereocenters. The fourth-order valence-electron chi connectivity index (χ4n) is 1.97. The molecule has 5 nitrogen and oxygen atoms in total. The van der Waals surface area contributed by atoms with E-state index in [2.05, 4.69) is 26.2 Å². The maximum Gasteiger partial charge on any atom is 0.227 e. The number of hydrogen-bond acceptors (Lipinski definition) is 4. The molecule has 1 N–H and O–H groups in total. The summed E-state index contributed by atoms with van der Waals surface area (Å²) >= 11 is 3.37. The molecule has 110 valence electrons. The van der Waals surface area contributed by atoms with E-state index in [0.717, 1.165) is 29.6 Å². The van der Waals surface area contributed by atoms with Crippen LogP contribution in [0.1, 0.15) is 25.0 Å². The minimum absolute atomic E-state index is 0.0911. The van der Waals surface area contributed by atoms with Crippen LogP contribution in [0.4, 0.5) is 5.82 Å². The second kappa shape index (κ2) is 7.71. The van der Waals surface area contributed by atoms with E-state index in [1.807, 2.05) is 13.0 Å². The Morgan fingerprint density at radius 1 is 1.60 bits per heavy atom. The van der Waals surface area contributed by atoms with Gasteiger partial charge in [-0.2, -0.15) is 0 Å². The molecule has 1 aromatic rings. The number of rotatable bonds is 6. The fraction of sp³-hybridized carbons (Fsp3) is 0.571. The Kier molecular flexibility index (Phi) is 5.94. The minimum Gasteiger partial charge on any atom is -0.378 e. The summed E-state index contributed by atoms with van der Waals surface area (Å²) in [5.74, 6) is 0.474. The van der Waals surface area contributed by atoms with Gasteiger partial charge in [0.15, 0.2) is 0 Å². The summed E-state index contributed by atoms with van der Waals surface area (Å²) in [6.07, 6.45) is 2.68. The number of carbonyl (C=O) groups is 1. The van der Waals surface area contributed by atoms with Crippen LogP contribution in [0.5, 0.6) is 0 Å². The Hall–Kier alpha value is -0.980. The maximum absolute atomic E-state index is 11.7. The van der Waals surface area contributed by atoms with Gasteiger partial charge < -0.3 is 14.8 Å². The van der Waals surface area contributed by atoms with Crippen molar-refractivity contribution in [2.24, 2.45) is 0 Å².